The third-order valence-electron chi connectivity index (χ3n) is 2.09. The van der Waals surface area contributed by atoms with Gasteiger partial charge < -0.3 is 10.1 Å². The topological polar surface area (TPSA) is 55.4 Å². The largest absolute Gasteiger partial charge is 0.464 e. The van der Waals surface area contributed by atoms with Crippen molar-refractivity contribution in [2.75, 3.05) is 6.61 Å². The predicted molar refractivity (Wildman–Crippen MR) is 67.6 cm³/mol. The van der Waals surface area contributed by atoms with Crippen LogP contribution >= 0.6 is 22.9 Å². The molecule has 1 N–H and O–H groups in total. The molecular weight excluding hydrogens is 262 g/mol. The van der Waals surface area contributed by atoms with E-state index in [-0.39, 0.29) is 12.5 Å². The standard InChI is InChI=1S/C11H14ClNO3S/c1-4-16-11(15)7(3)13-10(14)9-8(12)6(2)5-17-9/h5,7H,4H2,1-3H3,(H,13,14). The maximum absolute atomic E-state index is 11.8. The molecule has 4 nitrogen and oxygen atoms in total. The second-order valence-corrected chi connectivity index (χ2v) is 4.77. The molecule has 17 heavy (non-hydrogen) atoms. The van der Waals surface area contributed by atoms with Gasteiger partial charge in [-0.2, -0.15) is 0 Å². The highest BCUT2D eigenvalue weighted by Crippen LogP contribution is 2.26. The van der Waals surface area contributed by atoms with Crippen LogP contribution in [-0.4, -0.2) is 24.5 Å². The number of carbonyl (C=O) groups excluding carboxylic acids is 2. The molecule has 0 fully saturated rings. The summed E-state index contributed by atoms with van der Waals surface area (Å²) in [6.45, 7) is 5.40. The van der Waals surface area contributed by atoms with Crippen LogP contribution in [-0.2, 0) is 9.53 Å². The average molecular weight is 276 g/mol. The van der Waals surface area contributed by atoms with Gasteiger partial charge in [0.05, 0.1) is 11.6 Å². The number of amides is 1. The fourth-order valence-corrected chi connectivity index (χ4v) is 2.35. The Labute approximate surface area is 109 Å². The second-order valence-electron chi connectivity index (χ2n) is 3.51. The van der Waals surface area contributed by atoms with Gasteiger partial charge in [-0.1, -0.05) is 11.6 Å². The lowest BCUT2D eigenvalue weighted by Crippen LogP contribution is -2.39. The monoisotopic (exact) mass is 275 g/mol. The molecule has 6 heteroatoms. The van der Waals surface area contributed by atoms with E-state index < -0.39 is 12.0 Å². The van der Waals surface area contributed by atoms with Gasteiger partial charge in [0.25, 0.3) is 5.91 Å². The minimum Gasteiger partial charge on any atom is -0.464 e. The van der Waals surface area contributed by atoms with Crippen molar-refractivity contribution in [2.45, 2.75) is 26.8 Å². The molecule has 0 aliphatic heterocycles. The molecule has 1 heterocycles. The zero-order valence-corrected chi connectivity index (χ0v) is 11.4. The lowest BCUT2D eigenvalue weighted by atomic mass is 10.3. The molecule has 1 unspecified atom stereocenters. The van der Waals surface area contributed by atoms with E-state index in [1.165, 1.54) is 11.3 Å². The van der Waals surface area contributed by atoms with Crippen LogP contribution in [0.4, 0.5) is 0 Å². The Morgan fingerprint density at radius 2 is 2.24 bits per heavy atom. The molecule has 0 saturated carbocycles. The van der Waals surface area contributed by atoms with E-state index in [0.29, 0.717) is 9.90 Å². The maximum atomic E-state index is 11.8. The molecule has 0 aliphatic carbocycles. The normalized spacial score (nSPS) is 12.0. The summed E-state index contributed by atoms with van der Waals surface area (Å²) in [6.07, 6.45) is 0. The van der Waals surface area contributed by atoms with Gasteiger partial charge in [-0.25, -0.2) is 4.79 Å². The zero-order valence-electron chi connectivity index (χ0n) is 9.87. The molecule has 0 radical (unpaired) electrons. The predicted octanol–water partition coefficient (Wildman–Crippen LogP) is 2.39. The smallest absolute Gasteiger partial charge is 0.328 e. The van der Waals surface area contributed by atoms with Gasteiger partial charge in [-0.3, -0.25) is 4.79 Å². The number of rotatable bonds is 4. The van der Waals surface area contributed by atoms with E-state index in [4.69, 9.17) is 16.3 Å². The van der Waals surface area contributed by atoms with E-state index >= 15 is 0 Å². The van der Waals surface area contributed by atoms with Gasteiger partial charge in [-0.05, 0) is 31.7 Å². The summed E-state index contributed by atoms with van der Waals surface area (Å²) in [6, 6.07) is -0.680. The van der Waals surface area contributed by atoms with Gasteiger partial charge in [0.1, 0.15) is 10.9 Å². The van der Waals surface area contributed by atoms with Crippen molar-refractivity contribution >= 4 is 34.8 Å². The molecule has 0 saturated heterocycles. The molecule has 94 valence electrons. The van der Waals surface area contributed by atoms with Gasteiger partial charge >= 0.3 is 5.97 Å². The van der Waals surface area contributed by atoms with Crippen molar-refractivity contribution in [3.05, 3.63) is 20.8 Å². The summed E-state index contributed by atoms with van der Waals surface area (Å²) in [5.41, 5.74) is 0.852. The SMILES string of the molecule is CCOC(=O)C(C)NC(=O)c1scc(C)c1Cl. The second kappa shape index (κ2) is 6.02. The Morgan fingerprint density at radius 3 is 2.71 bits per heavy atom. The first kappa shape index (κ1) is 14.0. The Balaban J connectivity index is 2.67. The van der Waals surface area contributed by atoms with Crippen LogP contribution in [0.1, 0.15) is 29.1 Å². The molecular formula is C11H14ClNO3S. The third-order valence-corrected chi connectivity index (χ3v) is 3.79. The van der Waals surface area contributed by atoms with Crippen molar-refractivity contribution in [3.63, 3.8) is 0 Å². The van der Waals surface area contributed by atoms with E-state index in [2.05, 4.69) is 5.32 Å². The molecule has 0 aromatic carbocycles. The lowest BCUT2D eigenvalue weighted by molar-refractivity contribution is -0.144. The molecule has 1 atom stereocenters. The first-order chi connectivity index (χ1) is 7.97. The summed E-state index contributed by atoms with van der Waals surface area (Å²) in [5.74, 6) is -0.807. The van der Waals surface area contributed by atoms with Crippen molar-refractivity contribution in [1.29, 1.82) is 0 Å². The number of halogens is 1. The maximum Gasteiger partial charge on any atom is 0.328 e. The van der Waals surface area contributed by atoms with Gasteiger partial charge in [0.15, 0.2) is 0 Å². The summed E-state index contributed by atoms with van der Waals surface area (Å²) >= 11 is 7.22. The van der Waals surface area contributed by atoms with Crippen LogP contribution in [0.25, 0.3) is 0 Å². The highest BCUT2D eigenvalue weighted by atomic mass is 35.5. The number of hydrogen-bond acceptors (Lipinski definition) is 4. The van der Waals surface area contributed by atoms with Crippen molar-refractivity contribution in [2.24, 2.45) is 0 Å². The summed E-state index contributed by atoms with van der Waals surface area (Å²) < 4.78 is 4.79. The summed E-state index contributed by atoms with van der Waals surface area (Å²) in [7, 11) is 0. The van der Waals surface area contributed by atoms with Crippen molar-refractivity contribution < 1.29 is 14.3 Å². The van der Waals surface area contributed by atoms with Gasteiger partial charge in [-0.15, -0.1) is 11.3 Å². The van der Waals surface area contributed by atoms with E-state index in [9.17, 15) is 9.59 Å². The van der Waals surface area contributed by atoms with Crippen molar-refractivity contribution in [3.8, 4) is 0 Å². The van der Waals surface area contributed by atoms with E-state index in [1.54, 1.807) is 19.2 Å². The Kier molecular flexibility index (Phi) is 4.96. The number of aryl methyl sites for hydroxylation is 1. The van der Waals surface area contributed by atoms with Gasteiger partial charge in [0.2, 0.25) is 0 Å². The minimum atomic E-state index is -0.680. The fraction of sp³-hybridized carbons (Fsp3) is 0.455. The molecule has 0 spiro atoms. The van der Waals surface area contributed by atoms with E-state index in [0.717, 1.165) is 5.56 Å². The van der Waals surface area contributed by atoms with Crippen LogP contribution < -0.4 is 5.32 Å². The average Bonchev–Trinajstić information content (AvgIpc) is 2.60. The van der Waals surface area contributed by atoms with Crippen LogP contribution in [0.15, 0.2) is 5.38 Å². The quantitative estimate of drug-likeness (QED) is 0.859. The first-order valence-electron chi connectivity index (χ1n) is 5.18. The fourth-order valence-electron chi connectivity index (χ4n) is 1.17. The van der Waals surface area contributed by atoms with Crippen LogP contribution in [0, 0.1) is 6.92 Å². The minimum absolute atomic E-state index is 0.290. The Morgan fingerprint density at radius 1 is 1.59 bits per heavy atom. The molecule has 1 aromatic heterocycles. The van der Waals surface area contributed by atoms with E-state index in [1.807, 2.05) is 6.92 Å². The highest BCUT2D eigenvalue weighted by molar-refractivity contribution is 7.13. The molecule has 0 bridgehead atoms. The summed E-state index contributed by atoms with van der Waals surface area (Å²) in [5, 5.41) is 4.78. The van der Waals surface area contributed by atoms with Crippen LogP contribution in [0.5, 0.6) is 0 Å². The zero-order chi connectivity index (χ0) is 13.0. The number of thiophene rings is 1. The molecule has 1 aromatic rings. The Bertz CT molecular complexity index is 430. The lowest BCUT2D eigenvalue weighted by Gasteiger charge is -2.11. The third kappa shape index (κ3) is 3.44. The number of hydrogen-bond donors (Lipinski definition) is 1. The number of esters is 1. The van der Waals surface area contributed by atoms with Crippen LogP contribution in [0.3, 0.4) is 0 Å². The highest BCUT2D eigenvalue weighted by Gasteiger charge is 2.20. The summed E-state index contributed by atoms with van der Waals surface area (Å²) in [4.78, 5) is 23.6. The number of nitrogens with one attached hydrogen (secondary N) is 1. The first-order valence-corrected chi connectivity index (χ1v) is 6.44. The molecule has 0 aliphatic rings. The van der Waals surface area contributed by atoms with Crippen LogP contribution in [0.2, 0.25) is 5.02 Å². The van der Waals surface area contributed by atoms with Crippen molar-refractivity contribution in [1.82, 2.24) is 5.32 Å². The Hall–Kier alpha value is -1.07. The number of ether oxygens (including phenoxy) is 1. The molecule has 1 amide bonds. The number of carbonyl (C=O) groups is 2. The van der Waals surface area contributed by atoms with Gasteiger partial charge in [0, 0.05) is 0 Å². The molecule has 1 rings (SSSR count).